The van der Waals surface area contributed by atoms with Crippen molar-refractivity contribution >= 4 is 23.5 Å². The van der Waals surface area contributed by atoms with E-state index in [2.05, 4.69) is 0 Å². The normalized spacial score (nSPS) is 17.6. The lowest BCUT2D eigenvalue weighted by molar-refractivity contribution is -0.144. The van der Waals surface area contributed by atoms with Crippen molar-refractivity contribution in [2.45, 2.75) is 51.6 Å². The minimum absolute atomic E-state index is 0.253. The second-order valence-electron chi connectivity index (χ2n) is 7.17. The molecule has 4 atom stereocenters. The summed E-state index contributed by atoms with van der Waals surface area (Å²) in [7, 11) is 0. The highest BCUT2D eigenvalue weighted by Gasteiger charge is 2.51. The number of benzene rings is 1. The van der Waals surface area contributed by atoms with Crippen LogP contribution in [-0.2, 0) is 9.59 Å². The fraction of sp³-hybridized carbons (Fsp3) is 0.500. The molecule has 0 aromatic heterocycles. The van der Waals surface area contributed by atoms with Crippen molar-refractivity contribution in [2.75, 3.05) is 0 Å². The van der Waals surface area contributed by atoms with Crippen molar-refractivity contribution in [1.29, 1.82) is 0 Å². The van der Waals surface area contributed by atoms with Gasteiger partial charge in [-0.15, -0.1) is 0 Å². The lowest BCUT2D eigenvalue weighted by Crippen LogP contribution is -2.61. The molecule has 8 heteroatoms. The molecule has 0 aliphatic heterocycles. The van der Waals surface area contributed by atoms with Gasteiger partial charge in [0, 0.05) is 11.1 Å². The molecule has 0 spiro atoms. The van der Waals surface area contributed by atoms with E-state index in [1.807, 2.05) is 0 Å². The number of carboxylic acids is 2. The van der Waals surface area contributed by atoms with Gasteiger partial charge >= 0.3 is 11.9 Å². The van der Waals surface area contributed by atoms with Crippen LogP contribution in [0.1, 0.15) is 61.3 Å². The first-order chi connectivity index (χ1) is 12.9. The lowest BCUT2D eigenvalue weighted by Gasteiger charge is -2.32. The Balaban J connectivity index is 3.65. The summed E-state index contributed by atoms with van der Waals surface area (Å²) in [6.07, 6.45) is 0.626. The number of nitrogens with two attached hydrogens (primary N) is 2. The van der Waals surface area contributed by atoms with Crippen LogP contribution in [0.2, 0.25) is 0 Å². The van der Waals surface area contributed by atoms with Gasteiger partial charge in [0.2, 0.25) is 0 Å². The van der Waals surface area contributed by atoms with E-state index in [0.29, 0.717) is 12.8 Å². The number of hydrogen-bond donors (Lipinski definition) is 4. The van der Waals surface area contributed by atoms with Gasteiger partial charge in [0.1, 0.15) is 0 Å². The Labute approximate surface area is 163 Å². The van der Waals surface area contributed by atoms with E-state index in [1.165, 1.54) is 38.1 Å². The number of hydrogen-bond acceptors (Lipinski definition) is 6. The molecule has 1 aromatic carbocycles. The third-order valence-electron chi connectivity index (χ3n) is 5.65. The van der Waals surface area contributed by atoms with Gasteiger partial charge in [-0.3, -0.25) is 9.59 Å². The van der Waals surface area contributed by atoms with Crippen molar-refractivity contribution in [2.24, 2.45) is 23.3 Å². The second kappa shape index (κ2) is 8.62. The molecule has 0 aliphatic carbocycles. The molecule has 0 aliphatic rings. The molecular weight excluding hydrogens is 364 g/mol. The molecule has 1 rings (SSSR count). The largest absolute Gasteiger partial charge is 0.480 e. The molecule has 0 bridgehead atoms. The van der Waals surface area contributed by atoms with Gasteiger partial charge in [-0.25, -0.2) is 9.59 Å². The zero-order chi connectivity index (χ0) is 21.9. The maximum atomic E-state index is 13.1. The van der Waals surface area contributed by atoms with Gasteiger partial charge in [-0.05, 0) is 11.8 Å². The van der Waals surface area contributed by atoms with Gasteiger partial charge in [0.05, 0.1) is 0 Å². The topological polar surface area (TPSA) is 161 Å². The monoisotopic (exact) mass is 392 g/mol. The fourth-order valence-electron chi connectivity index (χ4n) is 3.03. The van der Waals surface area contributed by atoms with E-state index >= 15 is 0 Å². The quantitative estimate of drug-likeness (QED) is 0.345. The number of ketones is 2. The Morgan fingerprint density at radius 1 is 0.821 bits per heavy atom. The third-order valence-corrected chi connectivity index (χ3v) is 5.65. The Morgan fingerprint density at radius 2 is 1.11 bits per heavy atom. The van der Waals surface area contributed by atoms with Crippen molar-refractivity contribution in [3.8, 4) is 0 Å². The Morgan fingerprint density at radius 3 is 1.32 bits per heavy atom. The molecule has 8 nitrogen and oxygen atoms in total. The molecule has 6 N–H and O–H groups in total. The summed E-state index contributed by atoms with van der Waals surface area (Å²) in [6, 6.07) is 5.43. The number of carbonyl (C=O) groups is 4. The van der Waals surface area contributed by atoms with Crippen LogP contribution in [0.25, 0.3) is 0 Å². The van der Waals surface area contributed by atoms with E-state index in [-0.39, 0.29) is 11.1 Å². The molecule has 154 valence electrons. The van der Waals surface area contributed by atoms with Crippen LogP contribution in [0.15, 0.2) is 24.3 Å². The van der Waals surface area contributed by atoms with Gasteiger partial charge in [0.15, 0.2) is 22.6 Å². The predicted molar refractivity (Wildman–Crippen MR) is 103 cm³/mol. The first-order valence-electron chi connectivity index (χ1n) is 9.13. The number of aliphatic carboxylic acids is 2. The molecule has 0 amide bonds. The average molecular weight is 392 g/mol. The van der Waals surface area contributed by atoms with Crippen LogP contribution in [0, 0.1) is 11.8 Å². The van der Waals surface area contributed by atoms with Crippen molar-refractivity contribution in [3.05, 3.63) is 35.4 Å². The summed E-state index contributed by atoms with van der Waals surface area (Å²) in [5.74, 6) is -6.42. The van der Waals surface area contributed by atoms with Gasteiger partial charge in [-0.1, -0.05) is 64.8 Å². The molecule has 28 heavy (non-hydrogen) atoms. The summed E-state index contributed by atoms with van der Waals surface area (Å²) in [6.45, 7) is 6.44. The van der Waals surface area contributed by atoms with Crippen LogP contribution in [0.4, 0.5) is 0 Å². The predicted octanol–water partition coefficient (Wildman–Crippen LogP) is 1.71. The SMILES string of the molecule is CCC(C)C(N)(C(=O)O)C(=O)c1ccccc1C(=O)C(N)(C(=O)O)C(C)CC. The van der Waals surface area contributed by atoms with Crippen molar-refractivity contribution in [3.63, 3.8) is 0 Å². The number of carboxylic acid groups (broad SMARTS) is 2. The number of Topliss-reactive ketones (excluding diaryl/α,β-unsaturated/α-hetero) is 2. The molecule has 4 unspecified atom stereocenters. The summed E-state index contributed by atoms with van der Waals surface area (Å²) in [5.41, 5.74) is 6.94. The zero-order valence-corrected chi connectivity index (χ0v) is 16.6. The van der Waals surface area contributed by atoms with Crippen LogP contribution in [0.3, 0.4) is 0 Å². The van der Waals surface area contributed by atoms with Gasteiger partial charge in [0.25, 0.3) is 0 Å². The molecule has 1 aromatic rings. The standard InChI is InChI=1S/C20H28N2O6/c1-5-11(3)19(21,17(25)26)15(23)13-9-7-8-10-14(13)16(24)20(22,18(27)28)12(4)6-2/h7-12H,5-6,21-22H2,1-4H3,(H,25,26)(H,27,28). The number of rotatable bonds is 10. The smallest absolute Gasteiger partial charge is 0.332 e. The molecule has 0 radical (unpaired) electrons. The number of carbonyl (C=O) groups excluding carboxylic acids is 2. The summed E-state index contributed by atoms with van der Waals surface area (Å²) in [5, 5.41) is 19.2. The first kappa shape index (κ1) is 23.5. The van der Waals surface area contributed by atoms with E-state index < -0.39 is 46.4 Å². The Bertz CT molecular complexity index is 728. The van der Waals surface area contributed by atoms with Crippen LogP contribution < -0.4 is 11.5 Å². The van der Waals surface area contributed by atoms with E-state index in [4.69, 9.17) is 11.5 Å². The Hall–Kier alpha value is -2.58. The highest BCUT2D eigenvalue weighted by molar-refractivity contribution is 6.24. The molecule has 0 saturated carbocycles. The molecule has 0 fully saturated rings. The van der Waals surface area contributed by atoms with Crippen LogP contribution >= 0.6 is 0 Å². The molecular formula is C20H28N2O6. The van der Waals surface area contributed by atoms with Crippen LogP contribution in [-0.4, -0.2) is 44.8 Å². The summed E-state index contributed by atoms with van der Waals surface area (Å²) < 4.78 is 0. The van der Waals surface area contributed by atoms with E-state index in [9.17, 15) is 29.4 Å². The highest BCUT2D eigenvalue weighted by Crippen LogP contribution is 2.29. The molecule has 0 saturated heterocycles. The average Bonchev–Trinajstić information content (AvgIpc) is 2.69. The second-order valence-corrected chi connectivity index (χ2v) is 7.17. The lowest BCUT2D eigenvalue weighted by atomic mass is 9.74. The molecule has 0 heterocycles. The minimum Gasteiger partial charge on any atom is -0.480 e. The van der Waals surface area contributed by atoms with E-state index in [0.717, 1.165) is 0 Å². The maximum Gasteiger partial charge on any atom is 0.332 e. The maximum absolute atomic E-state index is 13.1. The third kappa shape index (κ3) is 3.70. The first-order valence-corrected chi connectivity index (χ1v) is 9.13. The van der Waals surface area contributed by atoms with Crippen molar-refractivity contribution in [1.82, 2.24) is 0 Å². The Kier molecular flexibility index (Phi) is 7.22. The highest BCUT2D eigenvalue weighted by atomic mass is 16.4. The van der Waals surface area contributed by atoms with E-state index in [1.54, 1.807) is 13.8 Å². The van der Waals surface area contributed by atoms with Gasteiger partial charge < -0.3 is 21.7 Å². The van der Waals surface area contributed by atoms with Crippen LogP contribution in [0.5, 0.6) is 0 Å². The summed E-state index contributed by atoms with van der Waals surface area (Å²) >= 11 is 0. The fourth-order valence-corrected chi connectivity index (χ4v) is 3.03. The van der Waals surface area contributed by atoms with Gasteiger partial charge in [-0.2, -0.15) is 0 Å². The van der Waals surface area contributed by atoms with Crippen molar-refractivity contribution < 1.29 is 29.4 Å². The zero-order valence-electron chi connectivity index (χ0n) is 16.6. The minimum atomic E-state index is -2.26. The summed E-state index contributed by atoms with van der Waals surface area (Å²) in [4.78, 5) is 49.9.